The summed E-state index contributed by atoms with van der Waals surface area (Å²) in [7, 11) is 3.05. The molecule has 0 saturated heterocycles. The smallest absolute Gasteiger partial charge is 0.339 e. The Labute approximate surface area is 239 Å². The molecule has 0 fully saturated rings. The lowest BCUT2D eigenvalue weighted by atomic mass is 10.1. The van der Waals surface area contributed by atoms with Crippen LogP contribution in [0.1, 0.15) is 49.9 Å². The van der Waals surface area contributed by atoms with Crippen molar-refractivity contribution in [3.63, 3.8) is 0 Å². The van der Waals surface area contributed by atoms with Crippen LogP contribution in [-0.4, -0.2) is 47.8 Å². The van der Waals surface area contributed by atoms with Crippen molar-refractivity contribution in [2.75, 3.05) is 20.8 Å². The summed E-state index contributed by atoms with van der Waals surface area (Å²) in [6.45, 7) is 2.42. The monoisotopic (exact) mass is 555 g/mol. The molecule has 0 aromatic heterocycles. The van der Waals surface area contributed by atoms with Crippen LogP contribution in [-0.2, 0) is 6.54 Å². The first kappa shape index (κ1) is 29.2. The zero-order valence-corrected chi connectivity index (χ0v) is 23.2. The Balaban J connectivity index is 1.56. The maximum atomic E-state index is 13.7. The van der Waals surface area contributed by atoms with Crippen molar-refractivity contribution >= 4 is 11.9 Å². The minimum Gasteiger partial charge on any atom is -0.497 e. The fourth-order valence-electron chi connectivity index (χ4n) is 4.39. The van der Waals surface area contributed by atoms with Crippen molar-refractivity contribution in [2.24, 2.45) is 0 Å². The number of hydrogen-bond acceptors (Lipinski definition) is 6. The SMILES string of the molecule is COc1cc(OC)cc(C(=O)N(CCC(O)c2ccccc2)Cc2ccc(Oc3cc(C)ccc3C(=O)O)cc2)c1. The maximum absolute atomic E-state index is 13.7. The molecule has 4 aromatic rings. The van der Waals surface area contributed by atoms with Gasteiger partial charge in [-0.3, -0.25) is 4.79 Å². The van der Waals surface area contributed by atoms with E-state index in [1.807, 2.05) is 49.4 Å². The number of ether oxygens (including phenoxy) is 3. The van der Waals surface area contributed by atoms with Gasteiger partial charge in [0.25, 0.3) is 5.91 Å². The second-order valence-corrected chi connectivity index (χ2v) is 9.59. The molecule has 8 nitrogen and oxygen atoms in total. The first-order chi connectivity index (χ1) is 19.8. The molecule has 212 valence electrons. The molecule has 0 radical (unpaired) electrons. The van der Waals surface area contributed by atoms with Gasteiger partial charge in [0.2, 0.25) is 0 Å². The van der Waals surface area contributed by atoms with Crippen molar-refractivity contribution in [3.05, 3.63) is 119 Å². The number of carboxylic acid groups (broad SMARTS) is 1. The summed E-state index contributed by atoms with van der Waals surface area (Å²) < 4.78 is 16.6. The van der Waals surface area contributed by atoms with Gasteiger partial charge >= 0.3 is 5.97 Å². The zero-order chi connectivity index (χ0) is 29.4. The van der Waals surface area contributed by atoms with Crippen LogP contribution in [0.4, 0.5) is 0 Å². The summed E-state index contributed by atoms with van der Waals surface area (Å²) in [6, 6.07) is 26.4. The second kappa shape index (κ2) is 13.5. The number of hydrogen-bond donors (Lipinski definition) is 2. The van der Waals surface area contributed by atoms with E-state index < -0.39 is 12.1 Å². The number of benzene rings is 4. The first-order valence-corrected chi connectivity index (χ1v) is 13.1. The highest BCUT2D eigenvalue weighted by molar-refractivity contribution is 5.95. The van der Waals surface area contributed by atoms with Crippen LogP contribution < -0.4 is 14.2 Å². The summed E-state index contributed by atoms with van der Waals surface area (Å²) in [5.41, 5.74) is 2.96. The number of carbonyl (C=O) groups is 2. The number of aryl methyl sites for hydroxylation is 1. The van der Waals surface area contributed by atoms with E-state index in [2.05, 4.69) is 0 Å². The third-order valence-electron chi connectivity index (χ3n) is 6.63. The molecule has 4 aromatic carbocycles. The van der Waals surface area contributed by atoms with Crippen LogP contribution >= 0.6 is 0 Å². The Morgan fingerprint density at radius 1 is 0.829 bits per heavy atom. The number of aromatic carboxylic acids is 1. The molecular formula is C33H33NO7. The Bertz CT molecular complexity index is 1460. The lowest BCUT2D eigenvalue weighted by molar-refractivity contribution is 0.0687. The number of nitrogens with zero attached hydrogens (tertiary/aromatic N) is 1. The summed E-state index contributed by atoms with van der Waals surface area (Å²) in [5.74, 6) is 0.401. The van der Waals surface area contributed by atoms with Crippen LogP contribution in [0.5, 0.6) is 23.0 Å². The lowest BCUT2D eigenvalue weighted by Crippen LogP contribution is -2.32. The van der Waals surface area contributed by atoms with E-state index in [-0.39, 0.29) is 30.3 Å². The van der Waals surface area contributed by atoms with E-state index in [4.69, 9.17) is 14.2 Å². The second-order valence-electron chi connectivity index (χ2n) is 9.59. The van der Waals surface area contributed by atoms with Gasteiger partial charge in [-0.25, -0.2) is 4.79 Å². The van der Waals surface area contributed by atoms with Crippen LogP contribution in [0.15, 0.2) is 91.0 Å². The molecule has 0 aliphatic rings. The number of aliphatic hydroxyl groups excluding tert-OH is 1. The van der Waals surface area contributed by atoms with Gasteiger partial charge < -0.3 is 29.3 Å². The first-order valence-electron chi connectivity index (χ1n) is 13.1. The van der Waals surface area contributed by atoms with E-state index in [1.54, 1.807) is 47.4 Å². The molecule has 0 aliphatic heterocycles. The van der Waals surface area contributed by atoms with Crippen molar-refractivity contribution in [1.29, 1.82) is 0 Å². The molecular weight excluding hydrogens is 522 g/mol. The van der Waals surface area contributed by atoms with Gasteiger partial charge in [-0.1, -0.05) is 48.5 Å². The fraction of sp³-hybridized carbons (Fsp3) is 0.212. The normalized spacial score (nSPS) is 11.4. The topological polar surface area (TPSA) is 106 Å². The maximum Gasteiger partial charge on any atom is 0.339 e. The number of carboxylic acids is 1. The standard InChI is InChI=1S/C33H33NO7/c1-22-9-14-29(33(37)38)31(17-22)41-26-12-10-23(11-13-26)21-34(16-15-30(35)24-7-5-4-6-8-24)32(36)25-18-27(39-2)20-28(19-25)40-3/h4-14,17-20,30,35H,15-16,21H2,1-3H3,(H,37,38). The van der Waals surface area contributed by atoms with Crippen molar-refractivity contribution < 1.29 is 34.0 Å². The third-order valence-corrected chi connectivity index (χ3v) is 6.63. The van der Waals surface area contributed by atoms with Crippen LogP contribution in [0, 0.1) is 6.92 Å². The van der Waals surface area contributed by atoms with Gasteiger partial charge in [0, 0.05) is 24.7 Å². The average molecular weight is 556 g/mol. The summed E-state index contributed by atoms with van der Waals surface area (Å²) >= 11 is 0. The highest BCUT2D eigenvalue weighted by Crippen LogP contribution is 2.28. The van der Waals surface area contributed by atoms with E-state index >= 15 is 0 Å². The Morgan fingerprint density at radius 3 is 2.10 bits per heavy atom. The third kappa shape index (κ3) is 7.64. The van der Waals surface area contributed by atoms with Crippen molar-refractivity contribution in [1.82, 2.24) is 4.90 Å². The molecule has 41 heavy (non-hydrogen) atoms. The zero-order valence-electron chi connectivity index (χ0n) is 23.2. The van der Waals surface area contributed by atoms with Crippen LogP contribution in [0.25, 0.3) is 0 Å². The number of methoxy groups -OCH3 is 2. The van der Waals surface area contributed by atoms with Crippen LogP contribution in [0.2, 0.25) is 0 Å². The molecule has 1 unspecified atom stereocenters. The molecule has 0 aliphatic carbocycles. The van der Waals surface area contributed by atoms with E-state index in [0.29, 0.717) is 29.2 Å². The average Bonchev–Trinajstić information content (AvgIpc) is 2.99. The van der Waals surface area contributed by atoms with Gasteiger partial charge in [-0.05, 0) is 66.4 Å². The van der Waals surface area contributed by atoms with Crippen molar-refractivity contribution in [3.8, 4) is 23.0 Å². The largest absolute Gasteiger partial charge is 0.497 e. The van der Waals surface area contributed by atoms with Gasteiger partial charge in [-0.2, -0.15) is 0 Å². The minimum atomic E-state index is -1.07. The quantitative estimate of drug-likeness (QED) is 0.212. The van der Waals surface area contributed by atoms with Crippen molar-refractivity contribution in [2.45, 2.75) is 26.0 Å². The molecule has 0 saturated carbocycles. The van der Waals surface area contributed by atoms with Gasteiger partial charge in [0.15, 0.2) is 0 Å². The predicted molar refractivity (Wildman–Crippen MR) is 155 cm³/mol. The molecule has 2 N–H and O–H groups in total. The minimum absolute atomic E-state index is 0.0714. The van der Waals surface area contributed by atoms with E-state index in [1.165, 1.54) is 20.3 Å². The molecule has 1 amide bonds. The van der Waals surface area contributed by atoms with Gasteiger partial charge in [0.1, 0.15) is 28.6 Å². The molecule has 0 heterocycles. The Kier molecular flexibility index (Phi) is 9.60. The number of aliphatic hydroxyl groups is 1. The lowest BCUT2D eigenvalue weighted by Gasteiger charge is -2.25. The highest BCUT2D eigenvalue weighted by atomic mass is 16.5. The fourth-order valence-corrected chi connectivity index (χ4v) is 4.39. The van der Waals surface area contributed by atoms with Crippen LogP contribution in [0.3, 0.4) is 0 Å². The molecule has 0 bridgehead atoms. The summed E-state index contributed by atoms with van der Waals surface area (Å²) in [5, 5.41) is 20.3. The Morgan fingerprint density at radius 2 is 1.49 bits per heavy atom. The summed E-state index contributed by atoms with van der Waals surface area (Å²) in [4.78, 5) is 27.0. The van der Waals surface area contributed by atoms with Gasteiger partial charge in [0.05, 0.1) is 20.3 Å². The molecule has 1 atom stereocenters. The van der Waals surface area contributed by atoms with E-state index in [0.717, 1.165) is 16.7 Å². The predicted octanol–water partition coefficient (Wildman–Crippen LogP) is 6.27. The van der Waals surface area contributed by atoms with E-state index in [9.17, 15) is 19.8 Å². The number of amides is 1. The molecule has 0 spiro atoms. The number of rotatable bonds is 12. The van der Waals surface area contributed by atoms with Gasteiger partial charge in [-0.15, -0.1) is 0 Å². The number of carbonyl (C=O) groups excluding carboxylic acids is 1. The summed E-state index contributed by atoms with van der Waals surface area (Å²) in [6.07, 6.45) is -0.400. The Hall–Kier alpha value is -4.82. The highest BCUT2D eigenvalue weighted by Gasteiger charge is 2.20. The molecule has 8 heteroatoms. The molecule has 4 rings (SSSR count).